The molecule has 1 saturated heterocycles. The Morgan fingerprint density at radius 2 is 1.44 bits per heavy atom. The Labute approximate surface area is 215 Å². The number of aliphatic hydroxyl groups excluding tert-OH is 1. The largest absolute Gasteiger partial charge is 0.389 e. The standard InChI is InChI=1S/C28H30ClN3O4/c29-22-9-7-20(8-10-22)18-36-19-23(33)17-31-13-11-30(12-14-31)15-16-32-27(34)24-5-1-3-21-4-2-6-25(26(21)24)28(32)35/h1-10,23,33H,11-19H2/t23-/m1/s1. The Morgan fingerprint density at radius 3 is 2.08 bits per heavy atom. The van der Waals surface area contributed by atoms with Crippen LogP contribution < -0.4 is 0 Å². The summed E-state index contributed by atoms with van der Waals surface area (Å²) in [5.41, 5.74) is 2.21. The molecule has 3 aromatic rings. The van der Waals surface area contributed by atoms with Crippen LogP contribution in [-0.4, -0.2) is 90.1 Å². The van der Waals surface area contributed by atoms with E-state index in [0.29, 0.717) is 42.4 Å². The van der Waals surface area contributed by atoms with Gasteiger partial charge in [-0.1, -0.05) is 48.0 Å². The number of benzene rings is 3. The number of β-amino-alcohol motifs (C(OH)–C–C–N with tert-alkyl or cyclic N) is 1. The second-order valence-corrected chi connectivity index (χ2v) is 9.85. The van der Waals surface area contributed by atoms with E-state index in [0.717, 1.165) is 42.5 Å². The molecule has 0 radical (unpaired) electrons. The van der Waals surface area contributed by atoms with Gasteiger partial charge in [0, 0.05) is 67.3 Å². The highest BCUT2D eigenvalue weighted by atomic mass is 35.5. The van der Waals surface area contributed by atoms with Gasteiger partial charge >= 0.3 is 0 Å². The number of imide groups is 1. The van der Waals surface area contributed by atoms with E-state index in [1.54, 1.807) is 12.1 Å². The summed E-state index contributed by atoms with van der Waals surface area (Å²) in [7, 11) is 0. The number of hydrogen-bond acceptors (Lipinski definition) is 6. The Balaban J connectivity index is 1.06. The van der Waals surface area contributed by atoms with Gasteiger partial charge in [0.1, 0.15) is 0 Å². The van der Waals surface area contributed by atoms with Crippen LogP contribution in [0.15, 0.2) is 60.7 Å². The van der Waals surface area contributed by atoms with Gasteiger partial charge < -0.3 is 9.84 Å². The lowest BCUT2D eigenvalue weighted by molar-refractivity contribution is 0.000964. The minimum atomic E-state index is -0.560. The van der Waals surface area contributed by atoms with Crippen molar-refractivity contribution in [2.75, 3.05) is 52.4 Å². The summed E-state index contributed by atoms with van der Waals surface area (Å²) in [6.45, 7) is 5.54. The lowest BCUT2D eigenvalue weighted by atomic mass is 9.94. The molecule has 36 heavy (non-hydrogen) atoms. The summed E-state index contributed by atoms with van der Waals surface area (Å²) in [5.74, 6) is -0.436. The van der Waals surface area contributed by atoms with E-state index in [1.807, 2.05) is 48.5 Å². The average Bonchev–Trinajstić information content (AvgIpc) is 2.89. The first-order valence-electron chi connectivity index (χ1n) is 12.3. The fourth-order valence-electron chi connectivity index (χ4n) is 4.96. The fraction of sp³-hybridized carbons (Fsp3) is 0.357. The zero-order valence-corrected chi connectivity index (χ0v) is 20.9. The van der Waals surface area contributed by atoms with Gasteiger partial charge in [-0.25, -0.2) is 0 Å². The molecule has 2 aliphatic heterocycles. The van der Waals surface area contributed by atoms with Crippen molar-refractivity contribution in [1.82, 2.24) is 14.7 Å². The second kappa shape index (κ2) is 11.1. The quantitative estimate of drug-likeness (QED) is 0.448. The van der Waals surface area contributed by atoms with Gasteiger partial charge in [-0.15, -0.1) is 0 Å². The number of piperazine rings is 1. The molecule has 0 unspecified atom stereocenters. The van der Waals surface area contributed by atoms with Crippen molar-refractivity contribution in [2.24, 2.45) is 0 Å². The molecular weight excluding hydrogens is 478 g/mol. The van der Waals surface area contributed by atoms with E-state index in [1.165, 1.54) is 4.90 Å². The van der Waals surface area contributed by atoms with E-state index < -0.39 is 6.10 Å². The topological polar surface area (TPSA) is 73.3 Å². The minimum Gasteiger partial charge on any atom is -0.389 e. The zero-order valence-electron chi connectivity index (χ0n) is 20.1. The van der Waals surface area contributed by atoms with Gasteiger partial charge in [-0.3, -0.25) is 24.3 Å². The maximum atomic E-state index is 13.1. The summed E-state index contributed by atoms with van der Waals surface area (Å²) in [6, 6.07) is 18.7. The monoisotopic (exact) mass is 507 g/mol. The molecule has 0 bridgehead atoms. The highest BCUT2D eigenvalue weighted by Crippen LogP contribution is 2.29. The van der Waals surface area contributed by atoms with E-state index in [4.69, 9.17) is 16.3 Å². The van der Waals surface area contributed by atoms with Crippen LogP contribution in [0, 0.1) is 0 Å². The fourth-order valence-corrected chi connectivity index (χ4v) is 5.09. The molecule has 5 rings (SSSR count). The predicted molar refractivity (Wildman–Crippen MR) is 139 cm³/mol. The molecule has 0 saturated carbocycles. The zero-order chi connectivity index (χ0) is 25.1. The number of aliphatic hydroxyl groups is 1. The van der Waals surface area contributed by atoms with E-state index in [2.05, 4.69) is 9.80 Å². The third-order valence-corrected chi connectivity index (χ3v) is 7.17. The summed E-state index contributed by atoms with van der Waals surface area (Å²) >= 11 is 5.90. The first-order valence-corrected chi connectivity index (χ1v) is 12.7. The van der Waals surface area contributed by atoms with Crippen molar-refractivity contribution < 1.29 is 19.4 Å². The number of amides is 2. The molecule has 1 fully saturated rings. The van der Waals surface area contributed by atoms with Gasteiger partial charge in [0.2, 0.25) is 0 Å². The molecule has 7 nitrogen and oxygen atoms in total. The molecule has 3 aromatic carbocycles. The van der Waals surface area contributed by atoms with Crippen LogP contribution >= 0.6 is 11.6 Å². The molecule has 2 amide bonds. The SMILES string of the molecule is O=C1c2cccc3cccc(c23)C(=O)N1CCN1CCN(C[C@@H](O)COCc2ccc(Cl)cc2)CC1. The first kappa shape index (κ1) is 24.9. The van der Waals surface area contributed by atoms with Crippen LogP contribution in [-0.2, 0) is 11.3 Å². The third-order valence-electron chi connectivity index (χ3n) is 6.92. The van der Waals surface area contributed by atoms with Crippen LogP contribution in [0.5, 0.6) is 0 Å². The van der Waals surface area contributed by atoms with E-state index in [9.17, 15) is 14.7 Å². The Hall–Kier alpha value is -2.81. The molecule has 1 N–H and O–H groups in total. The number of carbonyl (C=O) groups excluding carboxylic acids is 2. The van der Waals surface area contributed by atoms with Crippen molar-refractivity contribution in [3.05, 3.63) is 82.4 Å². The van der Waals surface area contributed by atoms with E-state index >= 15 is 0 Å². The van der Waals surface area contributed by atoms with Gasteiger partial charge in [0.25, 0.3) is 11.8 Å². The molecule has 0 aromatic heterocycles. The first-order chi connectivity index (χ1) is 17.5. The van der Waals surface area contributed by atoms with Gasteiger partial charge in [0.05, 0.1) is 19.3 Å². The molecular formula is C28H30ClN3O4. The van der Waals surface area contributed by atoms with Crippen LogP contribution in [0.25, 0.3) is 10.8 Å². The molecule has 0 spiro atoms. The lowest BCUT2D eigenvalue weighted by Gasteiger charge is -2.36. The number of rotatable bonds is 9. The number of hydrogen-bond donors (Lipinski definition) is 1. The highest BCUT2D eigenvalue weighted by molar-refractivity contribution is 6.30. The normalized spacial score (nSPS) is 17.7. The predicted octanol–water partition coefficient (Wildman–Crippen LogP) is 3.28. The van der Waals surface area contributed by atoms with Crippen molar-refractivity contribution in [2.45, 2.75) is 12.7 Å². The van der Waals surface area contributed by atoms with Gasteiger partial charge in [-0.2, -0.15) is 0 Å². The summed E-state index contributed by atoms with van der Waals surface area (Å²) in [4.78, 5) is 32.0. The second-order valence-electron chi connectivity index (χ2n) is 9.41. The number of halogens is 1. The van der Waals surface area contributed by atoms with Crippen LogP contribution in [0.2, 0.25) is 5.02 Å². The van der Waals surface area contributed by atoms with Gasteiger partial charge in [0.15, 0.2) is 0 Å². The molecule has 2 heterocycles. The van der Waals surface area contributed by atoms with Crippen LogP contribution in [0.4, 0.5) is 0 Å². The van der Waals surface area contributed by atoms with Crippen molar-refractivity contribution >= 4 is 34.2 Å². The highest BCUT2D eigenvalue weighted by Gasteiger charge is 2.33. The van der Waals surface area contributed by atoms with Crippen molar-refractivity contribution in [1.29, 1.82) is 0 Å². The molecule has 1 atom stereocenters. The smallest absolute Gasteiger partial charge is 0.261 e. The summed E-state index contributed by atoms with van der Waals surface area (Å²) in [6.07, 6.45) is -0.560. The Bertz CT molecular complexity index is 1190. The average molecular weight is 508 g/mol. The molecule has 2 aliphatic rings. The number of nitrogens with zero attached hydrogens (tertiary/aromatic N) is 3. The van der Waals surface area contributed by atoms with Crippen molar-refractivity contribution in [3.63, 3.8) is 0 Å². The number of ether oxygens (including phenoxy) is 1. The minimum absolute atomic E-state index is 0.218. The summed E-state index contributed by atoms with van der Waals surface area (Å²) in [5, 5.41) is 12.7. The van der Waals surface area contributed by atoms with Gasteiger partial charge in [-0.05, 0) is 35.2 Å². The Morgan fingerprint density at radius 1 is 0.833 bits per heavy atom. The lowest BCUT2D eigenvalue weighted by Crippen LogP contribution is -2.51. The number of carbonyl (C=O) groups is 2. The molecule has 0 aliphatic carbocycles. The maximum Gasteiger partial charge on any atom is 0.261 e. The Kier molecular flexibility index (Phi) is 7.65. The van der Waals surface area contributed by atoms with Crippen LogP contribution in [0.3, 0.4) is 0 Å². The van der Waals surface area contributed by atoms with Crippen LogP contribution in [0.1, 0.15) is 26.3 Å². The van der Waals surface area contributed by atoms with E-state index in [-0.39, 0.29) is 18.4 Å². The van der Waals surface area contributed by atoms with Crippen molar-refractivity contribution in [3.8, 4) is 0 Å². The molecule has 188 valence electrons. The molecule has 8 heteroatoms. The summed E-state index contributed by atoms with van der Waals surface area (Å²) < 4.78 is 5.66. The third kappa shape index (κ3) is 5.45. The maximum absolute atomic E-state index is 13.1.